The van der Waals surface area contributed by atoms with E-state index >= 15 is 0 Å². The van der Waals surface area contributed by atoms with Crippen LogP contribution in [0.1, 0.15) is 9.67 Å². The average Bonchev–Trinajstić information content (AvgIpc) is 3.16. The van der Waals surface area contributed by atoms with Gasteiger partial charge in [-0.2, -0.15) is 0 Å². The maximum absolute atomic E-state index is 12.5. The summed E-state index contributed by atoms with van der Waals surface area (Å²) in [6, 6.07) is 14.7. The molecule has 8 heteroatoms. The second-order valence-corrected chi connectivity index (χ2v) is 7.98. The number of rotatable bonds is 3. The largest absolute Gasteiger partial charge is 0.323 e. The van der Waals surface area contributed by atoms with Gasteiger partial charge in [-0.1, -0.05) is 17.7 Å². The molecule has 148 valence electrons. The van der Waals surface area contributed by atoms with Gasteiger partial charge in [-0.15, -0.1) is 24.0 Å². The van der Waals surface area contributed by atoms with Crippen molar-refractivity contribution in [3.05, 3.63) is 70.8 Å². The van der Waals surface area contributed by atoms with Gasteiger partial charge in [0.2, 0.25) is 0 Å². The summed E-state index contributed by atoms with van der Waals surface area (Å²) in [5.41, 5.74) is 2.41. The first kappa shape index (κ1) is 21.3. The number of nitrogens with one attached hydrogen (secondary N) is 2. The zero-order valence-corrected chi connectivity index (χ0v) is 18.3. The third kappa shape index (κ3) is 5.33. The van der Waals surface area contributed by atoms with E-state index in [9.17, 15) is 4.79 Å². The maximum Gasteiger partial charge on any atom is 0.265 e. The van der Waals surface area contributed by atoms with Gasteiger partial charge in [0.15, 0.2) is 0 Å². The molecule has 1 amide bonds. The molecule has 0 radical (unpaired) electrons. The number of carbonyl (C=O) groups is 1. The van der Waals surface area contributed by atoms with Gasteiger partial charge in [0.25, 0.3) is 5.91 Å². The molecule has 0 aliphatic rings. The number of thiol groups is 1. The van der Waals surface area contributed by atoms with Gasteiger partial charge < -0.3 is 10.6 Å². The van der Waals surface area contributed by atoms with Crippen LogP contribution in [0.4, 0.5) is 5.69 Å². The first-order chi connectivity index (χ1) is 14.0. The summed E-state index contributed by atoms with van der Waals surface area (Å²) in [5.74, 6) is -0.192. The highest BCUT2D eigenvalue weighted by atomic mass is 35.5. The van der Waals surface area contributed by atoms with Crippen LogP contribution in [-0.4, -0.2) is 30.0 Å². The minimum absolute atomic E-state index is 0.192. The number of amides is 1. The normalized spacial score (nSPS) is 10.3. The zero-order valence-electron chi connectivity index (χ0n) is 15.8. The quantitative estimate of drug-likeness (QED) is 0.372. The van der Waals surface area contributed by atoms with Gasteiger partial charge in [-0.05, 0) is 56.6 Å². The van der Waals surface area contributed by atoms with E-state index < -0.39 is 0 Å². The minimum Gasteiger partial charge on any atom is -0.323 e. The highest BCUT2D eigenvalue weighted by Crippen LogP contribution is 2.29. The van der Waals surface area contributed by atoms with Gasteiger partial charge in [-0.3, -0.25) is 9.78 Å². The summed E-state index contributed by atoms with van der Waals surface area (Å²) in [4.78, 5) is 23.3. The van der Waals surface area contributed by atoms with E-state index in [1.165, 1.54) is 11.3 Å². The van der Waals surface area contributed by atoms with Gasteiger partial charge in [0, 0.05) is 33.9 Å². The van der Waals surface area contributed by atoms with Crippen molar-refractivity contribution in [3.8, 4) is 11.3 Å². The van der Waals surface area contributed by atoms with E-state index in [-0.39, 0.29) is 5.91 Å². The molecule has 0 saturated heterocycles. The standard InChI is InChI=1S/C19H12ClN3OS2.C2H7N/c20-14-5-4-13(9-16(14)25)23-18(24)17-8-11-7-12(10-22-19(11)26-17)15-3-1-2-6-21-15;1-3-2/h1-10,25H,(H,23,24);3H,1-2H3. The van der Waals surface area contributed by atoms with Gasteiger partial charge in [0.1, 0.15) is 4.83 Å². The number of anilines is 1. The highest BCUT2D eigenvalue weighted by molar-refractivity contribution is 7.80. The first-order valence-electron chi connectivity index (χ1n) is 8.71. The number of pyridine rings is 2. The molecule has 29 heavy (non-hydrogen) atoms. The molecule has 0 bridgehead atoms. The molecule has 0 fully saturated rings. The van der Waals surface area contributed by atoms with Crippen molar-refractivity contribution >= 4 is 57.4 Å². The lowest BCUT2D eigenvalue weighted by molar-refractivity contribution is 0.103. The number of nitrogens with zero attached hydrogens (tertiary/aromatic N) is 2. The summed E-state index contributed by atoms with van der Waals surface area (Å²) in [5, 5.41) is 7.06. The summed E-state index contributed by atoms with van der Waals surface area (Å²) >= 11 is 11.6. The molecule has 0 unspecified atom stereocenters. The van der Waals surface area contributed by atoms with Crippen LogP contribution in [0.25, 0.3) is 21.5 Å². The Hall–Kier alpha value is -2.45. The predicted octanol–water partition coefficient (Wildman–Crippen LogP) is 5.39. The number of fused-ring (bicyclic) bond motifs is 1. The average molecular weight is 443 g/mol. The summed E-state index contributed by atoms with van der Waals surface area (Å²) in [6.45, 7) is 0. The Balaban J connectivity index is 0.000000755. The number of thiophene rings is 1. The minimum atomic E-state index is -0.192. The van der Waals surface area contributed by atoms with Gasteiger partial charge >= 0.3 is 0 Å². The van der Waals surface area contributed by atoms with Crippen molar-refractivity contribution in [3.63, 3.8) is 0 Å². The Labute approximate surface area is 183 Å². The summed E-state index contributed by atoms with van der Waals surface area (Å²) in [6.07, 6.45) is 3.52. The molecule has 1 aromatic carbocycles. The predicted molar refractivity (Wildman–Crippen MR) is 124 cm³/mol. The molecule has 3 aromatic heterocycles. The van der Waals surface area contributed by atoms with Crippen molar-refractivity contribution in [1.82, 2.24) is 15.3 Å². The van der Waals surface area contributed by atoms with Crippen LogP contribution in [0.5, 0.6) is 0 Å². The molecule has 0 aliphatic heterocycles. The van der Waals surface area contributed by atoms with Crippen molar-refractivity contribution < 1.29 is 4.79 Å². The van der Waals surface area contributed by atoms with E-state index in [1.807, 2.05) is 44.4 Å². The first-order valence-corrected chi connectivity index (χ1v) is 10.4. The second-order valence-electron chi connectivity index (χ2n) is 6.06. The van der Waals surface area contributed by atoms with E-state index in [0.717, 1.165) is 21.5 Å². The van der Waals surface area contributed by atoms with E-state index in [4.69, 9.17) is 11.6 Å². The van der Waals surface area contributed by atoms with Crippen molar-refractivity contribution in [2.24, 2.45) is 0 Å². The second kappa shape index (κ2) is 9.84. The van der Waals surface area contributed by atoms with Crippen LogP contribution in [0, 0.1) is 0 Å². The third-order valence-corrected chi connectivity index (χ3v) is 5.65. The smallest absolute Gasteiger partial charge is 0.265 e. The molecule has 0 spiro atoms. The van der Waals surface area contributed by atoms with Crippen molar-refractivity contribution in [2.45, 2.75) is 4.90 Å². The van der Waals surface area contributed by atoms with Crippen LogP contribution in [-0.2, 0) is 0 Å². The Morgan fingerprint density at radius 2 is 1.90 bits per heavy atom. The maximum atomic E-state index is 12.5. The fraction of sp³-hybridized carbons (Fsp3) is 0.0952. The summed E-state index contributed by atoms with van der Waals surface area (Å²) < 4.78 is 0. The van der Waals surface area contributed by atoms with E-state index in [0.29, 0.717) is 20.5 Å². The number of hydrogen-bond donors (Lipinski definition) is 3. The molecule has 0 saturated carbocycles. The lowest BCUT2D eigenvalue weighted by Crippen LogP contribution is -2.09. The third-order valence-electron chi connectivity index (χ3n) is 3.76. The molecule has 0 atom stereocenters. The van der Waals surface area contributed by atoms with Gasteiger partial charge in [0.05, 0.1) is 15.6 Å². The Morgan fingerprint density at radius 1 is 1.10 bits per heavy atom. The monoisotopic (exact) mass is 442 g/mol. The molecule has 5 nitrogen and oxygen atoms in total. The Kier molecular flexibility index (Phi) is 7.22. The van der Waals surface area contributed by atoms with Crippen LogP contribution < -0.4 is 10.6 Å². The molecule has 0 aliphatic carbocycles. The van der Waals surface area contributed by atoms with Gasteiger partial charge in [-0.25, -0.2) is 4.98 Å². The van der Waals surface area contributed by atoms with Crippen LogP contribution >= 0.6 is 35.6 Å². The lowest BCUT2D eigenvalue weighted by atomic mass is 10.1. The molecule has 4 rings (SSSR count). The summed E-state index contributed by atoms with van der Waals surface area (Å²) in [7, 11) is 3.75. The van der Waals surface area contributed by atoms with Crippen LogP contribution in [0.2, 0.25) is 5.02 Å². The number of aromatic nitrogens is 2. The Bertz CT molecular complexity index is 1130. The number of halogens is 1. The van der Waals surface area contributed by atoms with E-state index in [1.54, 1.807) is 30.6 Å². The highest BCUT2D eigenvalue weighted by Gasteiger charge is 2.13. The number of benzene rings is 1. The number of hydrogen-bond acceptors (Lipinski definition) is 6. The molecule has 2 N–H and O–H groups in total. The topological polar surface area (TPSA) is 66.9 Å². The van der Waals surface area contributed by atoms with Crippen molar-refractivity contribution in [1.29, 1.82) is 0 Å². The lowest BCUT2D eigenvalue weighted by Gasteiger charge is -2.05. The van der Waals surface area contributed by atoms with Crippen molar-refractivity contribution in [2.75, 3.05) is 19.4 Å². The SMILES string of the molecule is CNC.O=C(Nc1ccc(Cl)c(S)c1)c1cc2cc(-c3ccccn3)cnc2s1. The fourth-order valence-corrected chi connectivity index (χ4v) is 3.71. The molecular weight excluding hydrogens is 424 g/mol. The van der Waals surface area contributed by atoms with Crippen LogP contribution in [0.15, 0.2) is 65.8 Å². The molecule has 3 heterocycles. The van der Waals surface area contributed by atoms with E-state index in [2.05, 4.69) is 33.2 Å². The molecule has 4 aromatic rings. The fourth-order valence-electron chi connectivity index (χ4n) is 2.50. The number of carbonyl (C=O) groups excluding carboxylic acids is 1. The molecular formula is C21H19ClN4OS2. The van der Waals surface area contributed by atoms with Crippen LogP contribution in [0.3, 0.4) is 0 Å². The Morgan fingerprint density at radius 3 is 2.59 bits per heavy atom. The zero-order chi connectivity index (χ0) is 20.8.